The summed E-state index contributed by atoms with van der Waals surface area (Å²) >= 11 is 0. The van der Waals surface area contributed by atoms with Crippen molar-refractivity contribution >= 4 is 0 Å². The van der Waals surface area contributed by atoms with E-state index in [1.165, 1.54) is 0 Å². The summed E-state index contributed by atoms with van der Waals surface area (Å²) in [5.74, 6) is 2.41. The smallest absolute Gasteiger partial charge is 0.347 e. The van der Waals surface area contributed by atoms with Crippen LogP contribution in [0.2, 0.25) is 0 Å². The standard InChI is InChI=1S/C15H18N4O3/c1-18-6-2-3-10(8-18)14-16-17-15(20)19(14)11-4-5-12-13(7-11)22-9-21-12/h4-5,7,10H,2-3,6,8-9H2,1H3,(H,17,20)/t10-/m0/s1. The molecule has 1 aromatic carbocycles. The molecular formula is C15H18N4O3. The van der Waals surface area contributed by atoms with Crippen molar-refractivity contribution in [2.75, 3.05) is 26.9 Å². The van der Waals surface area contributed by atoms with E-state index >= 15 is 0 Å². The third-order valence-electron chi connectivity index (χ3n) is 4.30. The number of likely N-dealkylation sites (N-methyl/N-ethyl adjacent to an activating group) is 1. The normalized spacial score (nSPS) is 21.2. The minimum Gasteiger partial charge on any atom is -0.454 e. The van der Waals surface area contributed by atoms with E-state index in [1.54, 1.807) is 4.57 Å². The lowest BCUT2D eigenvalue weighted by molar-refractivity contribution is 0.174. The first kappa shape index (κ1) is 13.4. The number of nitrogens with zero attached hydrogens (tertiary/aromatic N) is 3. The molecule has 0 saturated carbocycles. The van der Waals surface area contributed by atoms with Crippen molar-refractivity contribution in [2.24, 2.45) is 0 Å². The van der Waals surface area contributed by atoms with E-state index in [9.17, 15) is 4.79 Å². The third kappa shape index (κ3) is 2.18. The predicted molar refractivity (Wildman–Crippen MR) is 79.8 cm³/mol. The molecule has 1 fully saturated rings. The van der Waals surface area contributed by atoms with E-state index < -0.39 is 0 Å². The number of piperidine rings is 1. The van der Waals surface area contributed by atoms with E-state index in [2.05, 4.69) is 22.1 Å². The fourth-order valence-corrected chi connectivity index (χ4v) is 3.23. The third-order valence-corrected chi connectivity index (χ3v) is 4.30. The Balaban J connectivity index is 1.75. The Morgan fingerprint density at radius 1 is 1.32 bits per heavy atom. The molecule has 0 bridgehead atoms. The quantitative estimate of drug-likeness (QED) is 0.899. The summed E-state index contributed by atoms with van der Waals surface area (Å²) in [6.45, 7) is 2.23. The maximum atomic E-state index is 12.2. The summed E-state index contributed by atoms with van der Waals surface area (Å²) in [4.78, 5) is 14.5. The van der Waals surface area contributed by atoms with Gasteiger partial charge in [-0.05, 0) is 38.6 Å². The monoisotopic (exact) mass is 302 g/mol. The van der Waals surface area contributed by atoms with Gasteiger partial charge in [-0.3, -0.25) is 0 Å². The predicted octanol–water partition coefficient (Wildman–Crippen LogP) is 1.10. The molecule has 1 saturated heterocycles. The van der Waals surface area contributed by atoms with Crippen molar-refractivity contribution in [3.8, 4) is 17.2 Å². The highest BCUT2D eigenvalue weighted by molar-refractivity contribution is 5.50. The van der Waals surface area contributed by atoms with Crippen LogP contribution >= 0.6 is 0 Å². The lowest BCUT2D eigenvalue weighted by Gasteiger charge is -2.29. The molecule has 2 aliphatic rings. The van der Waals surface area contributed by atoms with Gasteiger partial charge in [0, 0.05) is 18.5 Å². The molecule has 1 aromatic heterocycles. The van der Waals surface area contributed by atoms with Crippen LogP contribution in [-0.2, 0) is 0 Å². The highest BCUT2D eigenvalue weighted by Crippen LogP contribution is 2.34. The second kappa shape index (κ2) is 5.17. The van der Waals surface area contributed by atoms with Crippen LogP contribution in [0.3, 0.4) is 0 Å². The molecule has 3 heterocycles. The molecule has 7 heteroatoms. The average molecular weight is 302 g/mol. The Labute approximate surface area is 127 Å². The maximum absolute atomic E-state index is 12.2. The van der Waals surface area contributed by atoms with Crippen LogP contribution in [0, 0.1) is 0 Å². The van der Waals surface area contributed by atoms with E-state index in [4.69, 9.17) is 9.47 Å². The zero-order valence-electron chi connectivity index (χ0n) is 12.4. The van der Waals surface area contributed by atoms with Crippen LogP contribution in [0.4, 0.5) is 0 Å². The fraction of sp³-hybridized carbons (Fsp3) is 0.467. The molecule has 2 aliphatic heterocycles. The summed E-state index contributed by atoms with van der Waals surface area (Å²) in [6.07, 6.45) is 2.16. The summed E-state index contributed by atoms with van der Waals surface area (Å²) in [5, 5.41) is 6.85. The van der Waals surface area contributed by atoms with Crippen LogP contribution in [-0.4, -0.2) is 46.6 Å². The Morgan fingerprint density at radius 3 is 3.05 bits per heavy atom. The summed E-state index contributed by atoms with van der Waals surface area (Å²) in [5.41, 5.74) is 0.535. The number of benzene rings is 1. The number of H-pyrrole nitrogens is 1. The Morgan fingerprint density at radius 2 is 2.18 bits per heavy atom. The zero-order chi connectivity index (χ0) is 15.1. The van der Waals surface area contributed by atoms with Crippen LogP contribution in [0.25, 0.3) is 5.69 Å². The molecule has 0 spiro atoms. The van der Waals surface area contributed by atoms with Gasteiger partial charge in [-0.25, -0.2) is 14.5 Å². The number of hydrogen-bond donors (Lipinski definition) is 1. The number of rotatable bonds is 2. The first-order chi connectivity index (χ1) is 10.7. The van der Waals surface area contributed by atoms with Crippen LogP contribution in [0.1, 0.15) is 24.6 Å². The van der Waals surface area contributed by atoms with Gasteiger partial charge in [0.2, 0.25) is 6.79 Å². The summed E-state index contributed by atoms with van der Waals surface area (Å²) in [7, 11) is 2.10. The highest BCUT2D eigenvalue weighted by Gasteiger charge is 2.26. The second-order valence-corrected chi connectivity index (χ2v) is 5.86. The van der Waals surface area contributed by atoms with Crippen LogP contribution in [0.15, 0.2) is 23.0 Å². The molecule has 4 rings (SSSR count). The Hall–Kier alpha value is -2.28. The molecule has 0 unspecified atom stereocenters. The van der Waals surface area contributed by atoms with E-state index in [-0.39, 0.29) is 18.4 Å². The van der Waals surface area contributed by atoms with Crippen LogP contribution < -0.4 is 15.2 Å². The molecule has 0 amide bonds. The molecule has 2 aromatic rings. The van der Waals surface area contributed by atoms with Gasteiger partial charge in [-0.1, -0.05) is 0 Å². The van der Waals surface area contributed by atoms with Gasteiger partial charge >= 0.3 is 5.69 Å². The number of fused-ring (bicyclic) bond motifs is 1. The van der Waals surface area contributed by atoms with E-state index in [0.29, 0.717) is 11.5 Å². The second-order valence-electron chi connectivity index (χ2n) is 5.86. The van der Waals surface area contributed by atoms with Crippen molar-refractivity contribution in [1.82, 2.24) is 19.7 Å². The van der Waals surface area contributed by atoms with Gasteiger partial charge in [0.05, 0.1) is 5.69 Å². The van der Waals surface area contributed by atoms with Gasteiger partial charge in [0.25, 0.3) is 0 Å². The lowest BCUT2D eigenvalue weighted by atomic mass is 9.97. The maximum Gasteiger partial charge on any atom is 0.347 e. The van der Waals surface area contributed by atoms with Gasteiger partial charge < -0.3 is 14.4 Å². The number of aromatic nitrogens is 3. The van der Waals surface area contributed by atoms with Gasteiger partial charge in [-0.2, -0.15) is 5.10 Å². The van der Waals surface area contributed by atoms with E-state index in [0.717, 1.165) is 37.4 Å². The number of likely N-dealkylation sites (tertiary alicyclic amines) is 1. The van der Waals surface area contributed by atoms with Crippen molar-refractivity contribution < 1.29 is 9.47 Å². The Kier molecular flexibility index (Phi) is 3.15. The average Bonchev–Trinajstić information content (AvgIpc) is 3.12. The van der Waals surface area contributed by atoms with Gasteiger partial charge in [0.1, 0.15) is 5.82 Å². The summed E-state index contributed by atoms with van der Waals surface area (Å²) in [6, 6.07) is 5.52. The SMILES string of the molecule is CN1CCC[C@H](c2n[nH]c(=O)n2-c2ccc3c(c2)OCO3)C1. The molecule has 7 nitrogen and oxygen atoms in total. The van der Waals surface area contributed by atoms with Crippen molar-refractivity contribution in [3.63, 3.8) is 0 Å². The van der Waals surface area contributed by atoms with E-state index in [1.807, 2.05) is 18.2 Å². The molecule has 0 radical (unpaired) electrons. The van der Waals surface area contributed by atoms with Gasteiger partial charge in [-0.15, -0.1) is 0 Å². The molecule has 1 atom stereocenters. The van der Waals surface area contributed by atoms with Crippen molar-refractivity contribution in [1.29, 1.82) is 0 Å². The van der Waals surface area contributed by atoms with Crippen LogP contribution in [0.5, 0.6) is 11.5 Å². The first-order valence-corrected chi connectivity index (χ1v) is 7.48. The highest BCUT2D eigenvalue weighted by atomic mass is 16.7. The molecule has 116 valence electrons. The molecule has 1 N–H and O–H groups in total. The number of ether oxygens (including phenoxy) is 2. The number of aromatic amines is 1. The molecule has 0 aliphatic carbocycles. The minimum absolute atomic E-state index is 0.220. The van der Waals surface area contributed by atoms with Crippen molar-refractivity contribution in [3.05, 3.63) is 34.5 Å². The Bertz CT molecular complexity index is 751. The number of hydrogen-bond acceptors (Lipinski definition) is 5. The largest absolute Gasteiger partial charge is 0.454 e. The summed E-state index contributed by atoms with van der Waals surface area (Å²) < 4.78 is 12.4. The molecule has 22 heavy (non-hydrogen) atoms. The lowest BCUT2D eigenvalue weighted by Crippen LogP contribution is -2.32. The van der Waals surface area contributed by atoms with Crippen molar-refractivity contribution in [2.45, 2.75) is 18.8 Å². The first-order valence-electron chi connectivity index (χ1n) is 7.48. The topological polar surface area (TPSA) is 72.4 Å². The fourth-order valence-electron chi connectivity index (χ4n) is 3.23. The minimum atomic E-state index is -0.220. The number of nitrogens with one attached hydrogen (secondary N) is 1. The zero-order valence-corrected chi connectivity index (χ0v) is 12.4. The van der Waals surface area contributed by atoms with Gasteiger partial charge in [0.15, 0.2) is 11.5 Å². The molecular weight excluding hydrogens is 284 g/mol.